The summed E-state index contributed by atoms with van der Waals surface area (Å²) in [5.41, 5.74) is 4.88. The smallest absolute Gasteiger partial charge is 0.219 e. The molecule has 0 rings (SSSR count). The third kappa shape index (κ3) is 3.19. The van der Waals surface area contributed by atoms with E-state index in [0.717, 1.165) is 0 Å². The molecule has 0 aromatic rings. The van der Waals surface area contributed by atoms with Crippen molar-refractivity contribution >= 4 is 11.7 Å². The van der Waals surface area contributed by atoms with Gasteiger partial charge < -0.3 is 11.1 Å². The summed E-state index contributed by atoms with van der Waals surface area (Å²) in [6.07, 6.45) is 0.0752. The number of ketones is 1. The minimum atomic E-state index is -0.463. The van der Waals surface area contributed by atoms with Crippen molar-refractivity contribution in [3.05, 3.63) is 0 Å². The highest BCUT2D eigenvalue weighted by Crippen LogP contribution is 1.90. The van der Waals surface area contributed by atoms with Crippen LogP contribution in [0.1, 0.15) is 13.3 Å². The molecule has 0 aliphatic heterocycles. The average molecular weight is 144 g/mol. The van der Waals surface area contributed by atoms with E-state index in [4.69, 9.17) is 5.73 Å². The van der Waals surface area contributed by atoms with E-state index in [1.807, 2.05) is 0 Å². The summed E-state index contributed by atoms with van der Waals surface area (Å²) >= 11 is 0. The standard InChI is InChI=1S/C6H12N2O2/c1-4(9)5(8-2)3-6(7)10/h5,8H,3H2,1-2H3,(H2,7,10)/t5-/m1/s1. The van der Waals surface area contributed by atoms with E-state index in [0.29, 0.717) is 0 Å². The fourth-order valence-corrected chi connectivity index (χ4v) is 0.650. The quantitative estimate of drug-likeness (QED) is 0.533. The molecule has 4 nitrogen and oxygen atoms in total. The molecule has 0 bridgehead atoms. The minimum Gasteiger partial charge on any atom is -0.370 e. The number of nitrogens with two attached hydrogens (primary N) is 1. The summed E-state index contributed by atoms with van der Waals surface area (Å²) in [7, 11) is 1.62. The molecule has 0 aromatic carbocycles. The molecular weight excluding hydrogens is 132 g/mol. The fourth-order valence-electron chi connectivity index (χ4n) is 0.650. The van der Waals surface area contributed by atoms with Crippen LogP contribution in [-0.2, 0) is 9.59 Å². The van der Waals surface area contributed by atoms with Crippen molar-refractivity contribution in [2.24, 2.45) is 5.73 Å². The largest absolute Gasteiger partial charge is 0.370 e. The molecule has 3 N–H and O–H groups in total. The van der Waals surface area contributed by atoms with Crippen LogP contribution in [0.5, 0.6) is 0 Å². The Hall–Kier alpha value is -0.900. The second kappa shape index (κ2) is 4.00. The summed E-state index contributed by atoms with van der Waals surface area (Å²) in [5, 5.41) is 2.68. The van der Waals surface area contributed by atoms with Crippen molar-refractivity contribution in [1.29, 1.82) is 0 Å². The van der Waals surface area contributed by atoms with Crippen LogP contribution in [0.2, 0.25) is 0 Å². The maximum atomic E-state index is 10.6. The molecule has 0 aliphatic rings. The summed E-state index contributed by atoms with van der Waals surface area (Å²) < 4.78 is 0. The molecule has 4 heteroatoms. The number of carbonyl (C=O) groups is 2. The van der Waals surface area contributed by atoms with Gasteiger partial charge in [0.2, 0.25) is 5.91 Å². The molecule has 0 unspecified atom stereocenters. The highest BCUT2D eigenvalue weighted by molar-refractivity contribution is 5.87. The van der Waals surface area contributed by atoms with Crippen LogP contribution in [0.3, 0.4) is 0 Å². The molecule has 0 aliphatic carbocycles. The van der Waals surface area contributed by atoms with Gasteiger partial charge in [0.05, 0.1) is 6.04 Å². The number of carbonyl (C=O) groups excluding carboxylic acids is 2. The number of hydrogen-bond donors (Lipinski definition) is 2. The Morgan fingerprint density at radius 1 is 1.60 bits per heavy atom. The van der Waals surface area contributed by atoms with E-state index in [1.54, 1.807) is 7.05 Å². The summed E-state index contributed by atoms with van der Waals surface area (Å²) in [6.45, 7) is 1.42. The molecule has 10 heavy (non-hydrogen) atoms. The summed E-state index contributed by atoms with van der Waals surface area (Å²) in [4.78, 5) is 20.9. The third-order valence-electron chi connectivity index (χ3n) is 1.24. The topological polar surface area (TPSA) is 72.2 Å². The van der Waals surface area contributed by atoms with Gasteiger partial charge in [-0.25, -0.2) is 0 Å². The molecule has 1 atom stereocenters. The van der Waals surface area contributed by atoms with Crippen molar-refractivity contribution in [1.82, 2.24) is 5.32 Å². The summed E-state index contributed by atoms with van der Waals surface area (Å²) in [5.74, 6) is -0.532. The number of Topliss-reactive ketones (excluding diaryl/α,β-unsaturated/α-hetero) is 1. The zero-order valence-electron chi connectivity index (χ0n) is 6.18. The van der Waals surface area contributed by atoms with Crippen molar-refractivity contribution < 1.29 is 9.59 Å². The van der Waals surface area contributed by atoms with Crippen LogP contribution in [0.15, 0.2) is 0 Å². The number of amides is 1. The summed E-state index contributed by atoms with van der Waals surface area (Å²) in [6, 6.07) is -0.419. The molecule has 0 fully saturated rings. The maximum Gasteiger partial charge on any atom is 0.219 e. The highest BCUT2D eigenvalue weighted by atomic mass is 16.1. The normalized spacial score (nSPS) is 12.6. The Labute approximate surface area is 59.8 Å². The minimum absolute atomic E-state index is 0.0682. The van der Waals surface area contributed by atoms with Gasteiger partial charge in [-0.15, -0.1) is 0 Å². The lowest BCUT2D eigenvalue weighted by Gasteiger charge is -2.08. The molecule has 58 valence electrons. The SMILES string of the molecule is CN[C@H](CC(N)=O)C(C)=O. The molecule has 1 amide bonds. The maximum absolute atomic E-state index is 10.6. The van der Waals surface area contributed by atoms with Gasteiger partial charge in [0, 0.05) is 6.42 Å². The van der Waals surface area contributed by atoms with Crippen LogP contribution < -0.4 is 11.1 Å². The molecule has 0 saturated carbocycles. The zero-order chi connectivity index (χ0) is 8.15. The highest BCUT2D eigenvalue weighted by Gasteiger charge is 2.13. The predicted molar refractivity (Wildman–Crippen MR) is 37.3 cm³/mol. The van der Waals surface area contributed by atoms with Crippen LogP contribution >= 0.6 is 0 Å². The van der Waals surface area contributed by atoms with E-state index in [2.05, 4.69) is 5.32 Å². The second-order valence-corrected chi connectivity index (χ2v) is 2.12. The zero-order valence-corrected chi connectivity index (χ0v) is 6.18. The first kappa shape index (κ1) is 9.10. The van der Waals surface area contributed by atoms with E-state index in [9.17, 15) is 9.59 Å². The molecule has 0 heterocycles. The lowest BCUT2D eigenvalue weighted by atomic mass is 10.1. The van der Waals surface area contributed by atoms with E-state index in [-0.39, 0.29) is 12.2 Å². The van der Waals surface area contributed by atoms with Crippen molar-refractivity contribution in [3.63, 3.8) is 0 Å². The average Bonchev–Trinajstić information content (AvgIpc) is 1.81. The molecule has 0 saturated heterocycles. The van der Waals surface area contributed by atoms with Crippen LogP contribution in [0, 0.1) is 0 Å². The molecule has 0 aromatic heterocycles. The Bertz CT molecular complexity index is 145. The lowest BCUT2D eigenvalue weighted by Crippen LogP contribution is -2.36. The second-order valence-electron chi connectivity index (χ2n) is 2.12. The third-order valence-corrected chi connectivity index (χ3v) is 1.24. The molecule has 0 spiro atoms. The Kier molecular flexibility index (Phi) is 3.64. The number of nitrogens with one attached hydrogen (secondary N) is 1. The van der Waals surface area contributed by atoms with Gasteiger partial charge >= 0.3 is 0 Å². The number of rotatable bonds is 4. The van der Waals surface area contributed by atoms with Crippen molar-refractivity contribution in [2.45, 2.75) is 19.4 Å². The van der Waals surface area contributed by atoms with Gasteiger partial charge in [-0.3, -0.25) is 9.59 Å². The van der Waals surface area contributed by atoms with Gasteiger partial charge in [-0.1, -0.05) is 0 Å². The molecular formula is C6H12N2O2. The van der Waals surface area contributed by atoms with E-state index < -0.39 is 11.9 Å². The number of primary amides is 1. The van der Waals surface area contributed by atoms with Gasteiger partial charge in [-0.05, 0) is 14.0 Å². The Morgan fingerprint density at radius 2 is 2.10 bits per heavy atom. The fraction of sp³-hybridized carbons (Fsp3) is 0.667. The van der Waals surface area contributed by atoms with Crippen LogP contribution in [0.4, 0.5) is 0 Å². The van der Waals surface area contributed by atoms with Crippen LogP contribution in [0.25, 0.3) is 0 Å². The lowest BCUT2D eigenvalue weighted by molar-refractivity contribution is -0.124. The Balaban J connectivity index is 3.83. The van der Waals surface area contributed by atoms with E-state index >= 15 is 0 Å². The van der Waals surface area contributed by atoms with Crippen LogP contribution in [-0.4, -0.2) is 24.8 Å². The van der Waals surface area contributed by atoms with Gasteiger partial charge in [0.1, 0.15) is 5.78 Å². The number of hydrogen-bond acceptors (Lipinski definition) is 3. The monoisotopic (exact) mass is 144 g/mol. The first-order valence-electron chi connectivity index (χ1n) is 3.04. The molecule has 0 radical (unpaired) electrons. The number of likely N-dealkylation sites (N-methyl/N-ethyl adjacent to an activating group) is 1. The van der Waals surface area contributed by atoms with E-state index in [1.165, 1.54) is 6.92 Å². The first-order chi connectivity index (χ1) is 4.57. The first-order valence-corrected chi connectivity index (χ1v) is 3.04. The van der Waals surface area contributed by atoms with Gasteiger partial charge in [-0.2, -0.15) is 0 Å². The van der Waals surface area contributed by atoms with Gasteiger partial charge in [0.15, 0.2) is 0 Å². The van der Waals surface area contributed by atoms with Gasteiger partial charge in [0.25, 0.3) is 0 Å². The van der Waals surface area contributed by atoms with Crippen molar-refractivity contribution in [3.8, 4) is 0 Å². The Morgan fingerprint density at radius 3 is 2.20 bits per heavy atom. The van der Waals surface area contributed by atoms with Crippen molar-refractivity contribution in [2.75, 3.05) is 7.05 Å². The predicted octanol–water partition coefficient (Wildman–Crippen LogP) is -0.961.